The van der Waals surface area contributed by atoms with Crippen LogP contribution in [0.1, 0.15) is 12.5 Å². The molecule has 1 aromatic carbocycles. The average Bonchev–Trinajstić information content (AvgIpc) is 2.36. The number of hydrogen-bond acceptors (Lipinski definition) is 3. The van der Waals surface area contributed by atoms with Crippen molar-refractivity contribution in [3.63, 3.8) is 0 Å². The zero-order chi connectivity index (χ0) is 13.5. The van der Waals surface area contributed by atoms with Crippen LogP contribution in [0.3, 0.4) is 0 Å². The number of nitrogens with two attached hydrogens (primary N) is 2. The van der Waals surface area contributed by atoms with Crippen LogP contribution in [-0.4, -0.2) is 23.8 Å². The Morgan fingerprint density at radius 1 is 1.26 bits per heavy atom. The van der Waals surface area contributed by atoms with Gasteiger partial charge in [0.1, 0.15) is 0 Å². The SMILES string of the molecule is CNC(=S)Nc1cccc(C(C)=NN=C(N)N)c1.Cl. The number of nitrogens with one attached hydrogen (secondary N) is 2. The second-order valence-electron chi connectivity index (χ2n) is 3.50. The molecule has 8 heteroatoms. The Kier molecular flexibility index (Phi) is 7.47. The molecule has 0 aromatic heterocycles. The quantitative estimate of drug-likeness (QED) is 0.289. The molecule has 104 valence electrons. The first kappa shape index (κ1) is 17.1. The summed E-state index contributed by atoms with van der Waals surface area (Å²) in [7, 11) is 1.75. The predicted octanol–water partition coefficient (Wildman–Crippen LogP) is 1.02. The second-order valence-corrected chi connectivity index (χ2v) is 3.90. The smallest absolute Gasteiger partial charge is 0.211 e. The summed E-state index contributed by atoms with van der Waals surface area (Å²) in [6.45, 7) is 1.82. The van der Waals surface area contributed by atoms with E-state index in [0.29, 0.717) is 10.8 Å². The highest BCUT2D eigenvalue weighted by molar-refractivity contribution is 7.80. The van der Waals surface area contributed by atoms with E-state index in [1.807, 2.05) is 31.2 Å². The van der Waals surface area contributed by atoms with Crippen LogP contribution in [0.25, 0.3) is 0 Å². The number of thiocarbonyl (C=S) groups is 1. The van der Waals surface area contributed by atoms with E-state index < -0.39 is 0 Å². The van der Waals surface area contributed by atoms with E-state index in [4.69, 9.17) is 23.7 Å². The summed E-state index contributed by atoms with van der Waals surface area (Å²) in [4.78, 5) is 0. The van der Waals surface area contributed by atoms with Crippen molar-refractivity contribution in [3.05, 3.63) is 29.8 Å². The molecule has 0 amide bonds. The minimum Gasteiger partial charge on any atom is -0.369 e. The molecule has 0 saturated carbocycles. The molecule has 0 saturated heterocycles. The number of nitrogens with zero attached hydrogens (tertiary/aromatic N) is 2. The van der Waals surface area contributed by atoms with Gasteiger partial charge in [-0.3, -0.25) is 0 Å². The normalized spacial score (nSPS) is 10.1. The van der Waals surface area contributed by atoms with E-state index in [9.17, 15) is 0 Å². The minimum atomic E-state index is -0.0695. The third-order valence-electron chi connectivity index (χ3n) is 2.08. The molecule has 0 unspecified atom stereocenters. The van der Waals surface area contributed by atoms with Crippen LogP contribution in [0.15, 0.2) is 34.5 Å². The Balaban J connectivity index is 0.00000324. The van der Waals surface area contributed by atoms with Gasteiger partial charge in [0.05, 0.1) is 5.71 Å². The molecular weight excluding hydrogens is 284 g/mol. The third kappa shape index (κ3) is 6.03. The molecule has 0 spiro atoms. The maximum absolute atomic E-state index is 5.22. The van der Waals surface area contributed by atoms with Gasteiger partial charge in [-0.25, -0.2) is 0 Å². The van der Waals surface area contributed by atoms with Gasteiger partial charge in [0, 0.05) is 12.7 Å². The second kappa shape index (κ2) is 8.28. The summed E-state index contributed by atoms with van der Waals surface area (Å²) >= 11 is 5.02. The lowest BCUT2D eigenvalue weighted by Crippen LogP contribution is -2.24. The molecular formula is C11H17ClN6S. The lowest BCUT2D eigenvalue weighted by Gasteiger charge is -2.08. The highest BCUT2D eigenvalue weighted by Crippen LogP contribution is 2.11. The number of anilines is 1. The molecule has 0 fully saturated rings. The van der Waals surface area contributed by atoms with Crippen molar-refractivity contribution in [2.75, 3.05) is 12.4 Å². The Labute approximate surface area is 123 Å². The maximum Gasteiger partial charge on any atom is 0.211 e. The summed E-state index contributed by atoms with van der Waals surface area (Å²) in [5, 5.41) is 13.9. The molecule has 0 aliphatic carbocycles. The molecule has 19 heavy (non-hydrogen) atoms. The number of guanidine groups is 1. The van der Waals surface area contributed by atoms with E-state index in [2.05, 4.69) is 20.8 Å². The summed E-state index contributed by atoms with van der Waals surface area (Å²) in [5.74, 6) is -0.0695. The van der Waals surface area contributed by atoms with E-state index in [1.54, 1.807) is 7.05 Å². The van der Waals surface area contributed by atoms with Gasteiger partial charge in [-0.1, -0.05) is 12.1 Å². The first-order valence-electron chi connectivity index (χ1n) is 5.25. The Hall–Kier alpha value is -1.86. The van der Waals surface area contributed by atoms with Crippen LogP contribution in [-0.2, 0) is 0 Å². The van der Waals surface area contributed by atoms with Gasteiger partial charge in [-0.2, -0.15) is 5.10 Å². The number of hydrogen-bond donors (Lipinski definition) is 4. The predicted molar refractivity (Wildman–Crippen MR) is 87.0 cm³/mol. The zero-order valence-electron chi connectivity index (χ0n) is 10.7. The summed E-state index contributed by atoms with van der Waals surface area (Å²) in [6, 6.07) is 7.62. The van der Waals surface area contributed by atoms with E-state index >= 15 is 0 Å². The number of benzene rings is 1. The zero-order valence-corrected chi connectivity index (χ0v) is 12.3. The molecule has 0 bridgehead atoms. The molecule has 1 aromatic rings. The molecule has 0 atom stereocenters. The van der Waals surface area contributed by atoms with Crippen LogP contribution in [0.4, 0.5) is 5.69 Å². The maximum atomic E-state index is 5.22. The van der Waals surface area contributed by atoms with Crippen molar-refractivity contribution in [2.45, 2.75) is 6.92 Å². The van der Waals surface area contributed by atoms with E-state index in [-0.39, 0.29) is 18.4 Å². The van der Waals surface area contributed by atoms with Gasteiger partial charge in [0.15, 0.2) is 5.11 Å². The monoisotopic (exact) mass is 300 g/mol. The van der Waals surface area contributed by atoms with Gasteiger partial charge in [-0.05, 0) is 36.8 Å². The lowest BCUT2D eigenvalue weighted by molar-refractivity contribution is 1.19. The van der Waals surface area contributed by atoms with Gasteiger partial charge in [-0.15, -0.1) is 17.5 Å². The Morgan fingerprint density at radius 2 is 1.95 bits per heavy atom. The summed E-state index contributed by atoms with van der Waals surface area (Å²) in [5.41, 5.74) is 12.9. The fourth-order valence-electron chi connectivity index (χ4n) is 1.21. The summed E-state index contributed by atoms with van der Waals surface area (Å²) in [6.07, 6.45) is 0. The van der Waals surface area contributed by atoms with E-state index in [1.165, 1.54) is 0 Å². The van der Waals surface area contributed by atoms with Crippen molar-refractivity contribution in [1.29, 1.82) is 0 Å². The van der Waals surface area contributed by atoms with Crippen molar-refractivity contribution in [1.82, 2.24) is 5.32 Å². The molecule has 1 rings (SSSR count). The Bertz CT molecular complexity index is 496. The van der Waals surface area contributed by atoms with Gasteiger partial charge in [0.25, 0.3) is 0 Å². The highest BCUT2D eigenvalue weighted by Gasteiger charge is 2.00. The first-order valence-corrected chi connectivity index (χ1v) is 5.66. The molecule has 0 aliphatic rings. The van der Waals surface area contributed by atoms with Crippen LogP contribution in [0.2, 0.25) is 0 Å². The van der Waals surface area contributed by atoms with Crippen molar-refractivity contribution < 1.29 is 0 Å². The fraction of sp³-hybridized carbons (Fsp3) is 0.182. The van der Waals surface area contributed by atoms with E-state index in [0.717, 1.165) is 11.3 Å². The summed E-state index contributed by atoms with van der Waals surface area (Å²) < 4.78 is 0. The fourth-order valence-corrected chi connectivity index (χ4v) is 1.32. The first-order chi connectivity index (χ1) is 8.52. The van der Waals surface area contributed by atoms with Crippen molar-refractivity contribution >= 4 is 47.1 Å². The Morgan fingerprint density at radius 3 is 2.53 bits per heavy atom. The minimum absolute atomic E-state index is 0. The van der Waals surface area contributed by atoms with Crippen LogP contribution < -0.4 is 22.1 Å². The molecule has 0 heterocycles. The van der Waals surface area contributed by atoms with Gasteiger partial charge in [0.2, 0.25) is 5.96 Å². The molecule has 0 radical (unpaired) electrons. The number of rotatable bonds is 3. The highest BCUT2D eigenvalue weighted by atomic mass is 35.5. The number of halogens is 1. The topological polar surface area (TPSA) is 101 Å². The van der Waals surface area contributed by atoms with Crippen molar-refractivity contribution in [3.8, 4) is 0 Å². The van der Waals surface area contributed by atoms with Gasteiger partial charge < -0.3 is 22.1 Å². The lowest BCUT2D eigenvalue weighted by atomic mass is 10.1. The van der Waals surface area contributed by atoms with Crippen LogP contribution in [0.5, 0.6) is 0 Å². The van der Waals surface area contributed by atoms with Crippen molar-refractivity contribution in [2.24, 2.45) is 21.7 Å². The standard InChI is InChI=1S/C11H16N6S.ClH/c1-7(16-17-10(12)13)8-4-3-5-9(6-8)15-11(18)14-2;/h3-6H,1-2H3,(H4,12,13,17)(H2,14,15,18);1H. The molecule has 6 nitrogen and oxygen atoms in total. The van der Waals surface area contributed by atoms with Gasteiger partial charge >= 0.3 is 0 Å². The average molecular weight is 301 g/mol. The molecule has 6 N–H and O–H groups in total. The van der Waals surface area contributed by atoms with Crippen LogP contribution in [0, 0.1) is 0 Å². The molecule has 0 aliphatic heterocycles. The largest absolute Gasteiger partial charge is 0.369 e. The van der Waals surface area contributed by atoms with Crippen LogP contribution >= 0.6 is 24.6 Å². The third-order valence-corrected chi connectivity index (χ3v) is 2.39.